The molecule has 0 saturated carbocycles. The normalized spacial score (nSPS) is 10.9. The average molecular weight is 249 g/mol. The second-order valence-electron chi connectivity index (χ2n) is 4.12. The van der Waals surface area contributed by atoms with Gasteiger partial charge in [-0.25, -0.2) is 18.9 Å². The van der Waals surface area contributed by atoms with Crippen molar-refractivity contribution in [1.29, 1.82) is 0 Å². The minimum absolute atomic E-state index is 0.0646. The van der Waals surface area contributed by atoms with Gasteiger partial charge >= 0.3 is 5.97 Å². The van der Waals surface area contributed by atoms with Crippen molar-refractivity contribution in [1.82, 2.24) is 14.8 Å². The monoisotopic (exact) mass is 249 g/mol. The molecule has 2 rings (SSSR count). The Bertz CT molecular complexity index is 593. The number of hydrogen-bond donors (Lipinski definition) is 1. The lowest BCUT2D eigenvalue weighted by molar-refractivity contribution is 0.0683. The highest BCUT2D eigenvalue weighted by atomic mass is 19.1. The van der Waals surface area contributed by atoms with Crippen LogP contribution in [0.4, 0.5) is 4.39 Å². The van der Waals surface area contributed by atoms with Crippen LogP contribution in [0.25, 0.3) is 5.69 Å². The number of carbonyl (C=O) groups is 1. The van der Waals surface area contributed by atoms with Crippen LogP contribution in [0.3, 0.4) is 0 Å². The average Bonchev–Trinajstić information content (AvgIpc) is 2.74. The van der Waals surface area contributed by atoms with Crippen molar-refractivity contribution in [3.05, 3.63) is 41.7 Å². The number of nitrogens with zero attached hydrogens (tertiary/aromatic N) is 3. The quantitative estimate of drug-likeness (QED) is 0.905. The van der Waals surface area contributed by atoms with Gasteiger partial charge in [0.25, 0.3) is 5.82 Å². The lowest BCUT2D eigenvalue weighted by Gasteiger charge is -2.08. The van der Waals surface area contributed by atoms with Crippen molar-refractivity contribution < 1.29 is 14.3 Å². The lowest BCUT2D eigenvalue weighted by atomic mass is 10.2. The summed E-state index contributed by atoms with van der Waals surface area (Å²) in [7, 11) is 0. The van der Waals surface area contributed by atoms with E-state index in [1.807, 2.05) is 13.8 Å². The first kappa shape index (κ1) is 12.2. The minimum Gasteiger partial charge on any atom is -0.475 e. The Labute approximate surface area is 103 Å². The van der Waals surface area contributed by atoms with Gasteiger partial charge in [0, 0.05) is 5.92 Å². The Morgan fingerprint density at radius 1 is 1.39 bits per heavy atom. The molecular formula is C12H12FN3O2. The van der Waals surface area contributed by atoms with Gasteiger partial charge in [0.1, 0.15) is 17.3 Å². The van der Waals surface area contributed by atoms with Gasteiger partial charge in [-0.05, 0) is 12.1 Å². The van der Waals surface area contributed by atoms with Gasteiger partial charge in [0.2, 0.25) is 0 Å². The lowest BCUT2D eigenvalue weighted by Crippen LogP contribution is -2.06. The molecule has 0 aliphatic heterocycles. The van der Waals surface area contributed by atoms with Crippen LogP contribution < -0.4 is 0 Å². The zero-order valence-corrected chi connectivity index (χ0v) is 9.96. The maximum atomic E-state index is 13.7. The summed E-state index contributed by atoms with van der Waals surface area (Å²) in [5.41, 5.74) is 0.196. The SMILES string of the molecule is CC(C)c1nc(C(=O)O)nn1-c1ccccc1F. The van der Waals surface area contributed by atoms with Crippen LogP contribution in [0.1, 0.15) is 36.2 Å². The fourth-order valence-electron chi connectivity index (χ4n) is 1.59. The molecule has 2 aromatic rings. The maximum Gasteiger partial charge on any atom is 0.375 e. The predicted octanol–water partition coefficient (Wildman–Crippen LogP) is 2.23. The standard InChI is InChI=1S/C12H12FN3O2/c1-7(2)11-14-10(12(17)18)15-16(11)9-6-4-3-5-8(9)13/h3-7H,1-2H3,(H,17,18). The number of rotatable bonds is 3. The Morgan fingerprint density at radius 3 is 2.61 bits per heavy atom. The number of aromatic carboxylic acids is 1. The summed E-state index contributed by atoms with van der Waals surface area (Å²) in [5, 5.41) is 12.7. The zero-order chi connectivity index (χ0) is 13.3. The third kappa shape index (κ3) is 2.09. The van der Waals surface area contributed by atoms with E-state index in [0.29, 0.717) is 5.82 Å². The molecule has 0 amide bonds. The molecule has 1 N–H and O–H groups in total. The topological polar surface area (TPSA) is 68.0 Å². The van der Waals surface area contributed by atoms with E-state index < -0.39 is 11.8 Å². The second-order valence-corrected chi connectivity index (χ2v) is 4.12. The van der Waals surface area contributed by atoms with Crippen molar-refractivity contribution >= 4 is 5.97 Å². The van der Waals surface area contributed by atoms with Crippen LogP contribution in [-0.4, -0.2) is 25.8 Å². The highest BCUT2D eigenvalue weighted by molar-refractivity contribution is 5.83. The van der Waals surface area contributed by atoms with E-state index in [-0.39, 0.29) is 17.4 Å². The Morgan fingerprint density at radius 2 is 2.06 bits per heavy atom. The van der Waals surface area contributed by atoms with Crippen LogP contribution in [0, 0.1) is 5.82 Å². The first-order valence-corrected chi connectivity index (χ1v) is 5.46. The highest BCUT2D eigenvalue weighted by Gasteiger charge is 2.19. The van der Waals surface area contributed by atoms with Crippen LogP contribution in [0.15, 0.2) is 24.3 Å². The van der Waals surface area contributed by atoms with E-state index in [4.69, 9.17) is 5.11 Å². The molecule has 18 heavy (non-hydrogen) atoms. The molecule has 1 aromatic heterocycles. The van der Waals surface area contributed by atoms with Crippen LogP contribution >= 0.6 is 0 Å². The first-order chi connectivity index (χ1) is 8.50. The Kier molecular flexibility index (Phi) is 3.10. The molecule has 6 heteroatoms. The third-order valence-corrected chi connectivity index (χ3v) is 2.42. The molecule has 0 unspecified atom stereocenters. The minimum atomic E-state index is -1.23. The van der Waals surface area contributed by atoms with Gasteiger partial charge in [-0.2, -0.15) is 0 Å². The molecule has 0 atom stereocenters. The predicted molar refractivity (Wildman–Crippen MR) is 62.4 cm³/mol. The summed E-state index contributed by atoms with van der Waals surface area (Å²) in [5.74, 6) is -1.68. The summed E-state index contributed by atoms with van der Waals surface area (Å²) in [6.45, 7) is 3.68. The molecule has 1 heterocycles. The molecule has 0 spiro atoms. The van der Waals surface area contributed by atoms with Gasteiger partial charge in [-0.3, -0.25) is 0 Å². The van der Waals surface area contributed by atoms with Crippen LogP contribution in [0.2, 0.25) is 0 Å². The number of benzene rings is 1. The van der Waals surface area contributed by atoms with E-state index in [0.717, 1.165) is 0 Å². The Balaban J connectivity index is 2.63. The number of carboxylic acids is 1. The molecule has 0 aliphatic rings. The second kappa shape index (κ2) is 4.56. The van der Waals surface area contributed by atoms with Gasteiger partial charge in [-0.15, -0.1) is 5.10 Å². The molecule has 0 fully saturated rings. The summed E-state index contributed by atoms with van der Waals surface area (Å²) < 4.78 is 14.9. The summed E-state index contributed by atoms with van der Waals surface area (Å²) >= 11 is 0. The smallest absolute Gasteiger partial charge is 0.375 e. The molecule has 5 nitrogen and oxygen atoms in total. The number of carboxylic acid groups (broad SMARTS) is 1. The van der Waals surface area contributed by atoms with Gasteiger partial charge < -0.3 is 5.11 Å². The number of aromatic nitrogens is 3. The molecule has 94 valence electrons. The fourth-order valence-corrected chi connectivity index (χ4v) is 1.59. The van der Waals surface area contributed by atoms with Crippen LogP contribution in [0.5, 0.6) is 0 Å². The van der Waals surface area contributed by atoms with E-state index in [1.54, 1.807) is 12.1 Å². The van der Waals surface area contributed by atoms with Crippen molar-refractivity contribution in [3.63, 3.8) is 0 Å². The van der Waals surface area contributed by atoms with Crippen molar-refractivity contribution in [2.24, 2.45) is 0 Å². The maximum absolute atomic E-state index is 13.7. The highest BCUT2D eigenvalue weighted by Crippen LogP contribution is 2.19. The fraction of sp³-hybridized carbons (Fsp3) is 0.250. The molecular weight excluding hydrogens is 237 g/mol. The van der Waals surface area contributed by atoms with E-state index >= 15 is 0 Å². The number of hydrogen-bond acceptors (Lipinski definition) is 3. The van der Waals surface area contributed by atoms with E-state index in [9.17, 15) is 9.18 Å². The zero-order valence-electron chi connectivity index (χ0n) is 9.96. The molecule has 0 aliphatic carbocycles. The molecule has 0 saturated heterocycles. The van der Waals surface area contributed by atoms with E-state index in [1.165, 1.54) is 16.8 Å². The van der Waals surface area contributed by atoms with Gasteiger partial charge in [-0.1, -0.05) is 26.0 Å². The van der Waals surface area contributed by atoms with E-state index in [2.05, 4.69) is 10.1 Å². The first-order valence-electron chi connectivity index (χ1n) is 5.46. The van der Waals surface area contributed by atoms with Gasteiger partial charge in [0.15, 0.2) is 0 Å². The summed E-state index contributed by atoms with van der Waals surface area (Å²) in [6, 6.07) is 6.04. The third-order valence-electron chi connectivity index (χ3n) is 2.42. The number of halogens is 1. The Hall–Kier alpha value is -2.24. The van der Waals surface area contributed by atoms with Crippen molar-refractivity contribution in [2.45, 2.75) is 19.8 Å². The van der Waals surface area contributed by atoms with Crippen molar-refractivity contribution in [3.8, 4) is 5.69 Å². The largest absolute Gasteiger partial charge is 0.475 e. The van der Waals surface area contributed by atoms with Gasteiger partial charge in [0.05, 0.1) is 0 Å². The summed E-state index contributed by atoms with van der Waals surface area (Å²) in [6.07, 6.45) is 0. The van der Waals surface area contributed by atoms with Crippen molar-refractivity contribution in [2.75, 3.05) is 0 Å². The molecule has 0 radical (unpaired) electrons. The van der Waals surface area contributed by atoms with Crippen LogP contribution in [-0.2, 0) is 0 Å². The molecule has 0 bridgehead atoms. The number of para-hydroxylation sites is 1. The molecule has 1 aromatic carbocycles. The summed E-state index contributed by atoms with van der Waals surface area (Å²) in [4.78, 5) is 14.8.